The summed E-state index contributed by atoms with van der Waals surface area (Å²) >= 11 is 6.25. The number of hydrogen-bond donors (Lipinski definition) is 1. The van der Waals surface area contributed by atoms with E-state index in [1.165, 1.54) is 0 Å². The van der Waals surface area contributed by atoms with Gasteiger partial charge in [-0.15, -0.1) is 0 Å². The van der Waals surface area contributed by atoms with Crippen LogP contribution in [-0.4, -0.2) is 18.1 Å². The van der Waals surface area contributed by atoms with Crippen LogP contribution in [0.15, 0.2) is 42.5 Å². The molecule has 0 aliphatic rings. The summed E-state index contributed by atoms with van der Waals surface area (Å²) < 4.78 is 0. The largest absolute Gasteiger partial charge is 0.327 e. The molecule has 1 aromatic carbocycles. The zero-order chi connectivity index (χ0) is 15.1. The van der Waals surface area contributed by atoms with Gasteiger partial charge in [0.2, 0.25) is 0 Å². The second-order valence-electron chi connectivity index (χ2n) is 4.85. The fourth-order valence-electron chi connectivity index (χ4n) is 2.22. The van der Waals surface area contributed by atoms with Crippen LogP contribution in [0.4, 0.5) is 11.5 Å². The lowest BCUT2D eigenvalue weighted by atomic mass is 10.2. The quantitative estimate of drug-likeness (QED) is 0.769. The summed E-state index contributed by atoms with van der Waals surface area (Å²) in [5, 5.41) is 4.06. The van der Waals surface area contributed by atoms with Crippen LogP contribution in [0.25, 0.3) is 0 Å². The lowest BCUT2D eigenvalue weighted by Crippen LogP contribution is -2.20. The minimum atomic E-state index is 0.701. The number of hydrogen-bond acceptors (Lipinski definition) is 3. The van der Waals surface area contributed by atoms with Crippen LogP contribution >= 0.6 is 11.6 Å². The summed E-state index contributed by atoms with van der Waals surface area (Å²) in [4.78, 5) is 6.90. The van der Waals surface area contributed by atoms with Gasteiger partial charge in [-0.3, -0.25) is 0 Å². The number of nitrogens with zero attached hydrogens (tertiary/aromatic N) is 2. The van der Waals surface area contributed by atoms with Gasteiger partial charge < -0.3 is 10.2 Å². The van der Waals surface area contributed by atoms with Crippen LogP contribution in [-0.2, 0) is 6.54 Å². The number of pyridine rings is 1. The summed E-state index contributed by atoms with van der Waals surface area (Å²) in [7, 11) is 0. The molecule has 2 aromatic rings. The lowest BCUT2D eigenvalue weighted by Gasteiger charge is -2.23. The molecular weight excluding hydrogens is 282 g/mol. The average molecular weight is 304 g/mol. The third kappa shape index (κ3) is 4.19. The van der Waals surface area contributed by atoms with E-state index in [1.807, 2.05) is 30.3 Å². The van der Waals surface area contributed by atoms with E-state index in [4.69, 9.17) is 16.6 Å². The predicted octanol–water partition coefficient (Wildman–Crippen LogP) is 4.39. The number of benzene rings is 1. The molecule has 0 bridgehead atoms. The SMILES string of the molecule is CCCNCc1nc(N(CC)c2ccccc2)ccc1Cl. The van der Waals surface area contributed by atoms with Crippen LogP contribution in [0.2, 0.25) is 5.02 Å². The molecule has 0 saturated heterocycles. The molecule has 2 rings (SSSR count). The molecule has 1 aromatic heterocycles. The molecule has 0 aliphatic heterocycles. The third-order valence-corrected chi connectivity index (χ3v) is 3.63. The summed E-state index contributed by atoms with van der Waals surface area (Å²) in [5.74, 6) is 0.932. The van der Waals surface area contributed by atoms with Crippen molar-refractivity contribution in [3.63, 3.8) is 0 Å². The van der Waals surface area contributed by atoms with E-state index in [0.717, 1.165) is 36.7 Å². The normalized spacial score (nSPS) is 10.6. The van der Waals surface area contributed by atoms with Gasteiger partial charge in [-0.1, -0.05) is 36.7 Å². The smallest absolute Gasteiger partial charge is 0.133 e. The zero-order valence-corrected chi connectivity index (χ0v) is 13.4. The second-order valence-corrected chi connectivity index (χ2v) is 5.26. The van der Waals surface area contributed by atoms with Gasteiger partial charge in [-0.2, -0.15) is 0 Å². The van der Waals surface area contributed by atoms with Crippen molar-refractivity contribution in [3.05, 3.63) is 53.2 Å². The first kappa shape index (κ1) is 15.8. The predicted molar refractivity (Wildman–Crippen MR) is 90.4 cm³/mol. The first-order valence-electron chi connectivity index (χ1n) is 7.45. The Bertz CT molecular complexity index is 557. The van der Waals surface area contributed by atoms with Crippen LogP contribution < -0.4 is 10.2 Å². The van der Waals surface area contributed by atoms with Crippen molar-refractivity contribution in [3.8, 4) is 0 Å². The van der Waals surface area contributed by atoms with Gasteiger partial charge in [-0.05, 0) is 44.2 Å². The first-order valence-corrected chi connectivity index (χ1v) is 7.82. The maximum Gasteiger partial charge on any atom is 0.133 e. The highest BCUT2D eigenvalue weighted by molar-refractivity contribution is 6.31. The Hall–Kier alpha value is -1.58. The summed E-state index contributed by atoms with van der Waals surface area (Å²) in [6.07, 6.45) is 1.10. The van der Waals surface area contributed by atoms with E-state index in [9.17, 15) is 0 Å². The Morgan fingerprint density at radius 2 is 1.86 bits per heavy atom. The lowest BCUT2D eigenvalue weighted by molar-refractivity contribution is 0.664. The van der Waals surface area contributed by atoms with Gasteiger partial charge in [0.25, 0.3) is 0 Å². The standard InChI is InChI=1S/C17H22ClN3/c1-3-12-19-13-16-15(18)10-11-17(20-16)21(4-2)14-8-6-5-7-9-14/h5-11,19H,3-4,12-13H2,1-2H3. The number of nitrogens with one attached hydrogen (secondary N) is 1. The minimum Gasteiger partial charge on any atom is -0.327 e. The molecule has 21 heavy (non-hydrogen) atoms. The van der Waals surface area contributed by atoms with Crippen LogP contribution in [0.5, 0.6) is 0 Å². The fraction of sp³-hybridized carbons (Fsp3) is 0.353. The molecule has 0 saturated carbocycles. The number of para-hydroxylation sites is 1. The molecule has 112 valence electrons. The van der Waals surface area contributed by atoms with Gasteiger partial charge >= 0.3 is 0 Å². The number of rotatable bonds is 7. The van der Waals surface area contributed by atoms with E-state index in [1.54, 1.807) is 0 Å². The Kier molecular flexibility index (Phi) is 6.03. The maximum atomic E-state index is 6.25. The summed E-state index contributed by atoms with van der Waals surface area (Å²) in [6, 6.07) is 14.2. The molecule has 1 N–H and O–H groups in total. The molecule has 0 spiro atoms. The topological polar surface area (TPSA) is 28.2 Å². The minimum absolute atomic E-state index is 0.701. The van der Waals surface area contributed by atoms with E-state index in [0.29, 0.717) is 11.6 Å². The molecule has 0 atom stereocenters. The Labute approximate surface area is 132 Å². The molecule has 1 heterocycles. The Balaban J connectivity index is 2.24. The fourth-order valence-corrected chi connectivity index (χ4v) is 2.39. The van der Waals surface area contributed by atoms with Crippen molar-refractivity contribution >= 4 is 23.1 Å². The van der Waals surface area contributed by atoms with Crippen molar-refractivity contribution in [2.45, 2.75) is 26.8 Å². The monoisotopic (exact) mass is 303 g/mol. The van der Waals surface area contributed by atoms with Gasteiger partial charge in [0.15, 0.2) is 0 Å². The first-order chi connectivity index (χ1) is 10.3. The average Bonchev–Trinajstić information content (AvgIpc) is 2.52. The molecular formula is C17H22ClN3. The van der Waals surface area contributed by atoms with Crippen molar-refractivity contribution in [2.75, 3.05) is 18.0 Å². The van der Waals surface area contributed by atoms with E-state index < -0.39 is 0 Å². The van der Waals surface area contributed by atoms with Crippen LogP contribution in [0.3, 0.4) is 0 Å². The summed E-state index contributed by atoms with van der Waals surface area (Å²) in [5.41, 5.74) is 2.04. The highest BCUT2D eigenvalue weighted by Crippen LogP contribution is 2.25. The van der Waals surface area contributed by atoms with Gasteiger partial charge in [-0.25, -0.2) is 4.98 Å². The van der Waals surface area contributed by atoms with Crippen molar-refractivity contribution in [1.29, 1.82) is 0 Å². The highest BCUT2D eigenvalue weighted by atomic mass is 35.5. The molecule has 0 aliphatic carbocycles. The molecule has 0 amide bonds. The van der Waals surface area contributed by atoms with Crippen LogP contribution in [0.1, 0.15) is 26.0 Å². The third-order valence-electron chi connectivity index (χ3n) is 3.28. The second kappa shape index (κ2) is 8.01. The van der Waals surface area contributed by atoms with Gasteiger partial charge in [0.05, 0.1) is 10.7 Å². The molecule has 0 radical (unpaired) electrons. The highest BCUT2D eigenvalue weighted by Gasteiger charge is 2.11. The summed E-state index contributed by atoms with van der Waals surface area (Å²) in [6.45, 7) is 6.80. The van der Waals surface area contributed by atoms with Gasteiger partial charge in [0.1, 0.15) is 5.82 Å². The van der Waals surface area contributed by atoms with E-state index in [2.05, 4.69) is 36.2 Å². The molecule has 0 unspecified atom stereocenters. The number of anilines is 2. The van der Waals surface area contributed by atoms with Gasteiger partial charge in [0, 0.05) is 18.8 Å². The van der Waals surface area contributed by atoms with Crippen molar-refractivity contribution in [1.82, 2.24) is 10.3 Å². The maximum absolute atomic E-state index is 6.25. The molecule has 0 fully saturated rings. The van der Waals surface area contributed by atoms with Crippen molar-refractivity contribution in [2.24, 2.45) is 0 Å². The Morgan fingerprint density at radius 1 is 1.10 bits per heavy atom. The van der Waals surface area contributed by atoms with E-state index >= 15 is 0 Å². The van der Waals surface area contributed by atoms with Crippen LogP contribution in [0, 0.1) is 0 Å². The Morgan fingerprint density at radius 3 is 2.52 bits per heavy atom. The molecule has 3 nitrogen and oxygen atoms in total. The van der Waals surface area contributed by atoms with E-state index in [-0.39, 0.29) is 0 Å². The number of aromatic nitrogens is 1. The van der Waals surface area contributed by atoms with Crippen molar-refractivity contribution < 1.29 is 0 Å². The number of halogens is 1. The molecule has 4 heteroatoms. The zero-order valence-electron chi connectivity index (χ0n) is 12.6.